The van der Waals surface area contributed by atoms with E-state index in [4.69, 9.17) is 0 Å². The highest BCUT2D eigenvalue weighted by Crippen LogP contribution is 2.36. The van der Waals surface area contributed by atoms with Crippen molar-refractivity contribution >= 4 is 5.70 Å². The molecule has 2 unspecified atom stereocenters. The van der Waals surface area contributed by atoms with E-state index in [-0.39, 0.29) is 23.0 Å². The van der Waals surface area contributed by atoms with Gasteiger partial charge < -0.3 is 20.5 Å². The molecule has 0 amide bonds. The van der Waals surface area contributed by atoms with Gasteiger partial charge in [-0.25, -0.2) is 5.43 Å². The zero-order valence-corrected chi connectivity index (χ0v) is 15.0. The maximum atomic E-state index is 12.5. The Bertz CT molecular complexity index is 800. The Hall–Kier alpha value is -2.65. The van der Waals surface area contributed by atoms with Crippen LogP contribution in [0, 0.1) is 0 Å². The van der Waals surface area contributed by atoms with E-state index in [1.807, 2.05) is 26.1 Å². The summed E-state index contributed by atoms with van der Waals surface area (Å²) in [5.74, 6) is 1.25. The van der Waals surface area contributed by atoms with Crippen LogP contribution in [0.1, 0.15) is 18.9 Å². The molecular formula is C18H22F3N4O2+. The van der Waals surface area contributed by atoms with Crippen molar-refractivity contribution in [2.75, 3.05) is 13.7 Å². The average Bonchev–Trinajstić information content (AvgIpc) is 2.94. The van der Waals surface area contributed by atoms with Crippen LogP contribution in [0.5, 0.6) is 5.75 Å². The summed E-state index contributed by atoms with van der Waals surface area (Å²) >= 11 is 0. The number of hydrogen-bond acceptors (Lipinski definition) is 5. The largest absolute Gasteiger partial charge is 0.573 e. The topological polar surface area (TPSA) is 65.5 Å². The summed E-state index contributed by atoms with van der Waals surface area (Å²) in [6, 6.07) is 5.75. The minimum absolute atomic E-state index is 0.00637. The third-order valence-corrected chi connectivity index (χ3v) is 4.51. The smallest absolute Gasteiger partial charge is 0.406 e. The van der Waals surface area contributed by atoms with E-state index >= 15 is 0 Å². The number of halogens is 3. The van der Waals surface area contributed by atoms with Gasteiger partial charge in [0.25, 0.3) is 0 Å². The third kappa shape index (κ3) is 4.04. The standard InChI is InChI=1S/C18H22F3N4O2/c1-3-13(11-26)23-16-7-8-17-22-10-15(25(17,2)24-16)12-5-4-6-14(9-12)27-18(19,20)21/h4-10,13,22-24,26H,3,11H2,1-2H3/q+1. The van der Waals surface area contributed by atoms with E-state index < -0.39 is 6.36 Å². The van der Waals surface area contributed by atoms with Crippen LogP contribution < -0.4 is 20.8 Å². The summed E-state index contributed by atoms with van der Waals surface area (Å²) < 4.78 is 41.7. The number of benzene rings is 1. The molecule has 0 aromatic heterocycles. The first-order valence-corrected chi connectivity index (χ1v) is 8.53. The molecule has 2 aliphatic rings. The van der Waals surface area contributed by atoms with Crippen molar-refractivity contribution in [1.82, 2.24) is 16.1 Å². The van der Waals surface area contributed by atoms with E-state index in [1.54, 1.807) is 12.3 Å². The van der Waals surface area contributed by atoms with Crippen molar-refractivity contribution in [3.05, 3.63) is 59.8 Å². The lowest BCUT2D eigenvalue weighted by Crippen LogP contribution is -2.56. The van der Waals surface area contributed by atoms with Crippen LogP contribution in [0.3, 0.4) is 0 Å². The van der Waals surface area contributed by atoms with E-state index in [2.05, 4.69) is 20.8 Å². The summed E-state index contributed by atoms with van der Waals surface area (Å²) in [5.41, 5.74) is 4.62. The lowest BCUT2D eigenvalue weighted by molar-refractivity contribution is -0.842. The van der Waals surface area contributed by atoms with Crippen molar-refractivity contribution in [1.29, 1.82) is 0 Å². The molecule has 3 rings (SSSR count). The van der Waals surface area contributed by atoms with E-state index in [0.29, 0.717) is 11.4 Å². The zero-order valence-electron chi connectivity index (χ0n) is 15.0. The molecule has 146 valence electrons. The molecule has 1 aromatic carbocycles. The maximum absolute atomic E-state index is 12.5. The number of aliphatic hydroxyl groups is 1. The molecule has 1 aromatic rings. The van der Waals surface area contributed by atoms with Gasteiger partial charge in [-0.05, 0) is 30.7 Å². The zero-order chi connectivity index (χ0) is 19.7. The van der Waals surface area contributed by atoms with Gasteiger partial charge in [0.2, 0.25) is 5.82 Å². The van der Waals surface area contributed by atoms with Crippen LogP contribution in [0.15, 0.2) is 54.3 Å². The number of rotatable bonds is 6. The molecule has 0 aliphatic carbocycles. The summed E-state index contributed by atoms with van der Waals surface area (Å²) in [7, 11) is 1.88. The summed E-state index contributed by atoms with van der Waals surface area (Å²) in [5, 5.41) is 15.8. The number of alkyl halides is 3. The van der Waals surface area contributed by atoms with Crippen molar-refractivity contribution in [2.45, 2.75) is 25.7 Å². The molecular weight excluding hydrogens is 361 g/mol. The molecule has 0 radical (unpaired) electrons. The van der Waals surface area contributed by atoms with Gasteiger partial charge in [0.15, 0.2) is 5.70 Å². The second kappa shape index (κ2) is 7.16. The SMILES string of the molecule is CCC(CO)NC1=CC=C2NC=C(c3cccc(OC(F)(F)F)c3)[N+]2(C)N1. The average molecular weight is 383 g/mol. The van der Waals surface area contributed by atoms with Crippen LogP contribution >= 0.6 is 0 Å². The number of fused-ring (bicyclic) bond motifs is 1. The van der Waals surface area contributed by atoms with Crippen molar-refractivity contribution in [2.24, 2.45) is 0 Å². The monoisotopic (exact) mass is 383 g/mol. The number of nitrogens with zero attached hydrogens (tertiary/aromatic N) is 1. The summed E-state index contributed by atoms with van der Waals surface area (Å²) in [4.78, 5) is 0. The Morgan fingerprint density at radius 3 is 2.74 bits per heavy atom. The highest BCUT2D eigenvalue weighted by Gasteiger charge is 2.42. The van der Waals surface area contributed by atoms with Crippen molar-refractivity contribution in [3.63, 3.8) is 0 Å². The Balaban J connectivity index is 1.84. The molecule has 0 saturated carbocycles. The van der Waals surface area contributed by atoms with Gasteiger partial charge in [-0.15, -0.1) is 17.8 Å². The molecule has 6 nitrogen and oxygen atoms in total. The number of nitrogens with one attached hydrogen (secondary N) is 3. The first-order chi connectivity index (χ1) is 12.7. The van der Waals surface area contributed by atoms with Gasteiger partial charge >= 0.3 is 6.36 Å². The van der Waals surface area contributed by atoms with E-state index in [0.717, 1.165) is 17.9 Å². The lowest BCUT2D eigenvalue weighted by Gasteiger charge is -2.36. The highest BCUT2D eigenvalue weighted by atomic mass is 19.4. The number of aliphatic hydroxyl groups excluding tert-OH is 1. The molecule has 27 heavy (non-hydrogen) atoms. The molecule has 9 heteroatoms. The maximum Gasteiger partial charge on any atom is 0.573 e. The molecule has 2 aliphatic heterocycles. The Labute approximate surface area is 155 Å². The first kappa shape index (κ1) is 19.1. The van der Waals surface area contributed by atoms with Crippen molar-refractivity contribution < 1.29 is 27.6 Å². The third-order valence-electron chi connectivity index (χ3n) is 4.51. The fraction of sp³-hybridized carbons (Fsp3) is 0.333. The van der Waals surface area contributed by atoms with Crippen LogP contribution in [-0.2, 0) is 0 Å². The summed E-state index contributed by atoms with van der Waals surface area (Å²) in [6.07, 6.45) is 1.47. The van der Waals surface area contributed by atoms with E-state index in [9.17, 15) is 18.3 Å². The Morgan fingerprint density at radius 2 is 2.07 bits per heavy atom. The predicted octanol–water partition coefficient (Wildman–Crippen LogP) is 2.49. The second-order valence-corrected chi connectivity index (χ2v) is 6.43. The Morgan fingerprint density at radius 1 is 1.30 bits per heavy atom. The highest BCUT2D eigenvalue weighted by molar-refractivity contribution is 5.63. The van der Waals surface area contributed by atoms with Gasteiger partial charge in [0, 0.05) is 11.6 Å². The van der Waals surface area contributed by atoms with Crippen LogP contribution in [-0.4, -0.2) is 35.8 Å². The van der Waals surface area contributed by atoms with Gasteiger partial charge in [0.1, 0.15) is 18.6 Å². The van der Waals surface area contributed by atoms with Gasteiger partial charge in [-0.3, -0.25) is 0 Å². The molecule has 0 saturated heterocycles. The van der Waals surface area contributed by atoms with Crippen molar-refractivity contribution in [3.8, 4) is 5.75 Å². The summed E-state index contributed by atoms with van der Waals surface area (Å²) in [6.45, 7) is 1.96. The number of quaternary nitrogens is 1. The number of allylic oxidation sites excluding steroid dienone is 2. The van der Waals surface area contributed by atoms with Gasteiger partial charge in [-0.1, -0.05) is 13.0 Å². The number of ether oxygens (including phenoxy) is 1. The fourth-order valence-electron chi connectivity index (χ4n) is 3.06. The molecule has 2 atom stereocenters. The predicted molar refractivity (Wildman–Crippen MR) is 94.0 cm³/mol. The van der Waals surface area contributed by atoms with Crippen LogP contribution in [0.4, 0.5) is 13.2 Å². The molecule has 0 fully saturated rings. The second-order valence-electron chi connectivity index (χ2n) is 6.43. The molecule has 4 N–H and O–H groups in total. The minimum Gasteiger partial charge on any atom is -0.406 e. The Kier molecular flexibility index (Phi) is 5.07. The van der Waals surface area contributed by atoms with Gasteiger partial charge in [0.05, 0.1) is 18.8 Å². The van der Waals surface area contributed by atoms with Crippen LogP contribution in [0.25, 0.3) is 5.70 Å². The molecule has 2 heterocycles. The van der Waals surface area contributed by atoms with Gasteiger partial charge in [-0.2, -0.15) is 0 Å². The molecule has 0 spiro atoms. The normalized spacial score (nSPS) is 22.5. The molecule has 0 bridgehead atoms. The first-order valence-electron chi connectivity index (χ1n) is 8.53. The fourth-order valence-corrected chi connectivity index (χ4v) is 3.06. The lowest BCUT2D eigenvalue weighted by atomic mass is 10.1. The number of hydrogen-bond donors (Lipinski definition) is 4. The van der Waals surface area contributed by atoms with Crippen LogP contribution in [0.2, 0.25) is 0 Å². The van der Waals surface area contributed by atoms with E-state index in [1.165, 1.54) is 18.2 Å². The quantitative estimate of drug-likeness (QED) is 0.569. The minimum atomic E-state index is -4.74.